The van der Waals surface area contributed by atoms with Crippen LogP contribution in [0.2, 0.25) is 0 Å². The first kappa shape index (κ1) is 7.93. The topological polar surface area (TPSA) is 64.2 Å². The number of nitriles is 1. The van der Waals surface area contributed by atoms with E-state index in [2.05, 4.69) is 0 Å². The average Bonchev–Trinajstić information content (AvgIpc) is 1.67. The Labute approximate surface area is 54.1 Å². The predicted octanol–water partition coefficient (Wildman–Crippen LogP) is -1.13. The summed E-state index contributed by atoms with van der Waals surface area (Å²) in [6.07, 6.45) is -0.769. The zero-order chi connectivity index (χ0) is 6.57. The molecule has 0 rings (SSSR count). The molecule has 2 unspecified atom stereocenters. The van der Waals surface area contributed by atoms with Crippen molar-refractivity contribution in [2.75, 3.05) is 0 Å². The molecule has 46 valence electrons. The molecule has 0 saturated heterocycles. The van der Waals surface area contributed by atoms with Crippen LogP contribution in [0.1, 0.15) is 6.92 Å². The van der Waals surface area contributed by atoms with Gasteiger partial charge in [-0.3, -0.25) is 0 Å². The molecule has 8 heavy (non-hydrogen) atoms. The molecule has 0 amide bonds. The minimum absolute atomic E-state index is 0.492. The van der Waals surface area contributed by atoms with Crippen LogP contribution in [0.3, 0.4) is 0 Å². The molecule has 0 aliphatic heterocycles. The second kappa shape index (κ2) is 3.87. The molecule has 0 heterocycles. The number of nitrogens with zero attached hydrogens (tertiary/aromatic N) is 1. The minimum atomic E-state index is -0.826. The summed E-state index contributed by atoms with van der Waals surface area (Å²) in [4.78, 5) is 1.80. The van der Waals surface area contributed by atoms with E-state index >= 15 is 0 Å². The summed E-state index contributed by atoms with van der Waals surface area (Å²) in [6, 6.07) is 0. The van der Waals surface area contributed by atoms with Gasteiger partial charge in [0, 0.05) is 0 Å². The van der Waals surface area contributed by atoms with E-state index in [0.29, 0.717) is 0 Å². The van der Waals surface area contributed by atoms with Crippen molar-refractivity contribution >= 4 is 15.0 Å². The summed E-state index contributed by atoms with van der Waals surface area (Å²) >= 11 is -0.492. The van der Waals surface area contributed by atoms with Crippen LogP contribution in [-0.2, 0) is 0 Å². The maximum atomic E-state index is 8.68. The number of aliphatic hydroxyl groups excluding tert-OH is 2. The van der Waals surface area contributed by atoms with Gasteiger partial charge in [-0.05, 0) is 0 Å². The molecule has 4 heteroatoms. The Hall–Kier alpha value is -0.0705. The summed E-state index contributed by atoms with van der Waals surface area (Å²) in [5, 5.41) is 24.4. The third kappa shape index (κ3) is 3.00. The van der Waals surface area contributed by atoms with E-state index < -0.39 is 26.1 Å². The summed E-state index contributed by atoms with van der Waals surface area (Å²) in [6.45, 7) is 1.46. The zero-order valence-electron chi connectivity index (χ0n) is 4.40. The van der Waals surface area contributed by atoms with Gasteiger partial charge in [-0.2, -0.15) is 0 Å². The molecule has 0 bridgehead atoms. The van der Waals surface area contributed by atoms with Crippen LogP contribution in [0.25, 0.3) is 0 Å². The van der Waals surface area contributed by atoms with E-state index in [1.54, 1.807) is 4.97 Å². The van der Waals surface area contributed by atoms with Crippen molar-refractivity contribution in [1.82, 2.24) is 0 Å². The monoisotopic (exact) mass is 181 g/mol. The van der Waals surface area contributed by atoms with Crippen molar-refractivity contribution in [2.45, 2.75) is 18.0 Å². The van der Waals surface area contributed by atoms with Gasteiger partial charge < -0.3 is 0 Å². The van der Waals surface area contributed by atoms with E-state index in [9.17, 15) is 0 Å². The van der Waals surface area contributed by atoms with Crippen molar-refractivity contribution < 1.29 is 10.2 Å². The van der Waals surface area contributed by atoms with Crippen molar-refractivity contribution in [3.63, 3.8) is 0 Å². The molecular weight excluding hydrogens is 173 g/mol. The van der Waals surface area contributed by atoms with Crippen molar-refractivity contribution in [3.05, 3.63) is 0 Å². The molecule has 0 aliphatic carbocycles. The number of rotatable bonds is 2. The number of hydrogen-bond donors (Lipinski definition) is 2. The van der Waals surface area contributed by atoms with Crippen LogP contribution in [0.4, 0.5) is 0 Å². The molecule has 0 spiro atoms. The van der Waals surface area contributed by atoms with E-state index in [4.69, 9.17) is 15.5 Å². The predicted molar refractivity (Wildman–Crippen MR) is 29.1 cm³/mol. The molecule has 0 aliphatic rings. The van der Waals surface area contributed by atoms with Gasteiger partial charge in [-0.25, -0.2) is 0 Å². The second-order valence-corrected chi connectivity index (χ2v) is 3.23. The SMILES string of the molecule is CC(O)C(O)[Se]C#N. The number of aliphatic hydroxyl groups is 2. The molecule has 2 N–H and O–H groups in total. The fourth-order valence-corrected chi connectivity index (χ4v) is 0.792. The Bertz CT molecular complexity index is 98.7. The molecule has 2 atom stereocenters. The second-order valence-electron chi connectivity index (χ2n) is 1.34. The van der Waals surface area contributed by atoms with Gasteiger partial charge >= 0.3 is 53.4 Å². The first-order valence-corrected chi connectivity index (χ1v) is 3.94. The Kier molecular flexibility index (Phi) is 3.84. The summed E-state index contributed by atoms with van der Waals surface area (Å²) < 4.78 is 0. The van der Waals surface area contributed by atoms with Gasteiger partial charge in [-0.1, -0.05) is 0 Å². The first-order chi connectivity index (χ1) is 3.68. The molecule has 0 aromatic heterocycles. The van der Waals surface area contributed by atoms with Gasteiger partial charge in [-0.15, -0.1) is 0 Å². The van der Waals surface area contributed by atoms with Crippen LogP contribution in [0, 0.1) is 10.2 Å². The third-order valence-corrected chi connectivity index (χ3v) is 2.14. The van der Waals surface area contributed by atoms with E-state index in [0.717, 1.165) is 0 Å². The van der Waals surface area contributed by atoms with Crippen molar-refractivity contribution in [3.8, 4) is 4.97 Å². The van der Waals surface area contributed by atoms with Gasteiger partial charge in [0.25, 0.3) is 0 Å². The Morgan fingerprint density at radius 1 is 1.62 bits per heavy atom. The Morgan fingerprint density at radius 3 is 2.25 bits per heavy atom. The van der Waals surface area contributed by atoms with E-state index in [1.807, 2.05) is 0 Å². The van der Waals surface area contributed by atoms with Gasteiger partial charge in [0.15, 0.2) is 0 Å². The van der Waals surface area contributed by atoms with Crippen LogP contribution >= 0.6 is 0 Å². The molecule has 3 nitrogen and oxygen atoms in total. The van der Waals surface area contributed by atoms with Crippen LogP contribution in [0.15, 0.2) is 0 Å². The number of hydrogen-bond acceptors (Lipinski definition) is 3. The van der Waals surface area contributed by atoms with Crippen molar-refractivity contribution in [2.24, 2.45) is 0 Å². The summed E-state index contributed by atoms with van der Waals surface area (Å²) in [7, 11) is 0. The van der Waals surface area contributed by atoms with Gasteiger partial charge in [0.2, 0.25) is 0 Å². The Morgan fingerprint density at radius 2 is 2.12 bits per heavy atom. The van der Waals surface area contributed by atoms with Gasteiger partial charge in [0.05, 0.1) is 0 Å². The summed E-state index contributed by atoms with van der Waals surface area (Å²) in [5.74, 6) is 0. The maximum absolute atomic E-state index is 8.68. The van der Waals surface area contributed by atoms with E-state index in [-0.39, 0.29) is 0 Å². The normalized spacial score (nSPS) is 16.8. The average molecular weight is 180 g/mol. The standard InChI is InChI=1S/C4H7NO2Se/c1-3(6)4(7)8-2-5/h3-4,6-7H,1H3. The zero-order valence-corrected chi connectivity index (χ0v) is 6.12. The van der Waals surface area contributed by atoms with Gasteiger partial charge in [0.1, 0.15) is 0 Å². The molecule has 0 fully saturated rings. The molecule has 0 saturated carbocycles. The van der Waals surface area contributed by atoms with Crippen LogP contribution in [0.5, 0.6) is 0 Å². The molecule has 0 aromatic carbocycles. The fourth-order valence-electron chi connectivity index (χ4n) is 0.152. The van der Waals surface area contributed by atoms with Crippen LogP contribution in [-0.4, -0.2) is 36.3 Å². The van der Waals surface area contributed by atoms with Crippen molar-refractivity contribution in [1.29, 1.82) is 5.26 Å². The quantitative estimate of drug-likeness (QED) is 0.528. The molecular formula is C4H7NO2Se. The third-order valence-electron chi connectivity index (χ3n) is 0.586. The first-order valence-electron chi connectivity index (χ1n) is 2.09. The Balaban J connectivity index is 3.35. The summed E-state index contributed by atoms with van der Waals surface area (Å²) in [5.41, 5.74) is 0. The fraction of sp³-hybridized carbons (Fsp3) is 0.750. The molecule has 0 radical (unpaired) electrons. The van der Waals surface area contributed by atoms with E-state index in [1.165, 1.54) is 6.92 Å². The van der Waals surface area contributed by atoms with Crippen LogP contribution < -0.4 is 0 Å². The molecule has 0 aromatic rings.